The molecule has 0 spiro atoms. The maximum Gasteiger partial charge on any atom is 0.248 e. The summed E-state index contributed by atoms with van der Waals surface area (Å²) >= 11 is 6.10. The van der Waals surface area contributed by atoms with Crippen molar-refractivity contribution in [1.29, 1.82) is 0 Å². The van der Waals surface area contributed by atoms with E-state index in [4.69, 9.17) is 16.1 Å². The summed E-state index contributed by atoms with van der Waals surface area (Å²) in [6.45, 7) is 8.52. The van der Waals surface area contributed by atoms with Gasteiger partial charge >= 0.3 is 0 Å². The van der Waals surface area contributed by atoms with Gasteiger partial charge in [0.25, 0.3) is 0 Å². The Morgan fingerprint density at radius 1 is 1.42 bits per heavy atom. The molecule has 0 saturated carbocycles. The van der Waals surface area contributed by atoms with E-state index in [1.54, 1.807) is 4.68 Å². The standard InChI is InChI=1S/C12H18ClN5O/c1-5-8(13)9-6-18(17-15-9)7-10-14-11(16-19-10)12(2,3)4/h6,8H,5,7H2,1-4H3. The van der Waals surface area contributed by atoms with Gasteiger partial charge in [0, 0.05) is 5.41 Å². The normalized spacial score (nSPS) is 13.7. The lowest BCUT2D eigenvalue weighted by Gasteiger charge is -2.10. The van der Waals surface area contributed by atoms with E-state index in [9.17, 15) is 0 Å². The first kappa shape index (κ1) is 14.0. The van der Waals surface area contributed by atoms with Crippen LogP contribution in [0, 0.1) is 0 Å². The Hall–Kier alpha value is -1.43. The number of nitrogens with zero attached hydrogens (tertiary/aromatic N) is 5. The minimum Gasteiger partial charge on any atom is -0.337 e. The maximum absolute atomic E-state index is 6.10. The molecule has 0 amide bonds. The van der Waals surface area contributed by atoms with Crippen molar-refractivity contribution in [2.24, 2.45) is 0 Å². The predicted octanol–water partition coefficient (Wildman–Crippen LogP) is 2.70. The van der Waals surface area contributed by atoms with E-state index in [1.807, 2.05) is 33.9 Å². The molecule has 6 nitrogen and oxygen atoms in total. The minimum atomic E-state index is -0.126. The van der Waals surface area contributed by atoms with E-state index in [1.165, 1.54) is 0 Å². The summed E-state index contributed by atoms with van der Waals surface area (Å²) in [4.78, 5) is 4.35. The number of aromatic nitrogens is 5. The van der Waals surface area contributed by atoms with E-state index < -0.39 is 0 Å². The Kier molecular flexibility index (Phi) is 3.89. The highest BCUT2D eigenvalue weighted by atomic mass is 35.5. The van der Waals surface area contributed by atoms with Crippen molar-refractivity contribution in [3.05, 3.63) is 23.6 Å². The molecular weight excluding hydrogens is 266 g/mol. The van der Waals surface area contributed by atoms with Crippen LogP contribution in [0.2, 0.25) is 0 Å². The van der Waals surface area contributed by atoms with Crippen LogP contribution >= 0.6 is 11.6 Å². The molecule has 1 unspecified atom stereocenters. The van der Waals surface area contributed by atoms with Gasteiger partial charge in [-0.1, -0.05) is 38.1 Å². The zero-order chi connectivity index (χ0) is 14.0. The van der Waals surface area contributed by atoms with Crippen molar-refractivity contribution >= 4 is 11.6 Å². The van der Waals surface area contributed by atoms with Crippen LogP contribution in [0.3, 0.4) is 0 Å². The highest BCUT2D eigenvalue weighted by Gasteiger charge is 2.21. The van der Waals surface area contributed by atoms with Gasteiger partial charge in [0.15, 0.2) is 5.82 Å². The third-order valence-electron chi connectivity index (χ3n) is 2.67. The van der Waals surface area contributed by atoms with Gasteiger partial charge in [-0.3, -0.25) is 0 Å². The quantitative estimate of drug-likeness (QED) is 0.807. The Bertz CT molecular complexity index is 542. The molecule has 2 heterocycles. The molecule has 0 aliphatic carbocycles. The van der Waals surface area contributed by atoms with Crippen LogP contribution in [0.5, 0.6) is 0 Å². The molecular formula is C12H18ClN5O. The third-order valence-corrected chi connectivity index (χ3v) is 3.20. The topological polar surface area (TPSA) is 69.6 Å². The average molecular weight is 284 g/mol. The van der Waals surface area contributed by atoms with E-state index in [0.29, 0.717) is 18.3 Å². The third kappa shape index (κ3) is 3.32. The fourth-order valence-corrected chi connectivity index (χ4v) is 1.61. The molecule has 104 valence electrons. The molecule has 0 aromatic carbocycles. The number of hydrogen-bond donors (Lipinski definition) is 0. The molecule has 2 aromatic rings. The predicted molar refractivity (Wildman–Crippen MR) is 71.0 cm³/mol. The van der Waals surface area contributed by atoms with Crippen LogP contribution in [0.1, 0.15) is 56.9 Å². The van der Waals surface area contributed by atoms with Crippen LogP contribution in [0.4, 0.5) is 0 Å². The molecule has 1 atom stereocenters. The lowest BCUT2D eigenvalue weighted by Crippen LogP contribution is -2.13. The molecule has 0 radical (unpaired) electrons. The Morgan fingerprint density at radius 2 is 2.16 bits per heavy atom. The summed E-state index contributed by atoms with van der Waals surface area (Å²) in [6, 6.07) is 0. The van der Waals surface area contributed by atoms with Crippen molar-refractivity contribution in [2.75, 3.05) is 0 Å². The van der Waals surface area contributed by atoms with E-state index in [0.717, 1.165) is 12.1 Å². The fourth-order valence-electron chi connectivity index (χ4n) is 1.51. The van der Waals surface area contributed by atoms with E-state index in [2.05, 4.69) is 20.5 Å². The minimum absolute atomic E-state index is 0.110. The summed E-state index contributed by atoms with van der Waals surface area (Å²) in [5.74, 6) is 1.20. The molecule has 0 bridgehead atoms. The molecule has 0 fully saturated rings. The second kappa shape index (κ2) is 5.28. The number of alkyl halides is 1. The molecule has 0 N–H and O–H groups in total. The molecule has 0 aliphatic rings. The summed E-state index contributed by atoms with van der Waals surface area (Å²) in [7, 11) is 0. The largest absolute Gasteiger partial charge is 0.337 e. The Labute approximate surface area is 117 Å². The van der Waals surface area contributed by atoms with Gasteiger partial charge in [-0.2, -0.15) is 4.98 Å². The van der Waals surface area contributed by atoms with Crippen molar-refractivity contribution < 1.29 is 4.52 Å². The van der Waals surface area contributed by atoms with Crippen molar-refractivity contribution in [3.63, 3.8) is 0 Å². The van der Waals surface area contributed by atoms with E-state index in [-0.39, 0.29) is 10.8 Å². The van der Waals surface area contributed by atoms with Gasteiger partial charge in [-0.25, -0.2) is 4.68 Å². The van der Waals surface area contributed by atoms with Gasteiger partial charge in [-0.05, 0) is 6.42 Å². The Morgan fingerprint density at radius 3 is 2.74 bits per heavy atom. The van der Waals surface area contributed by atoms with Crippen molar-refractivity contribution in [2.45, 2.75) is 51.5 Å². The zero-order valence-corrected chi connectivity index (χ0v) is 12.3. The SMILES string of the molecule is CCC(Cl)c1cn(Cc2nc(C(C)(C)C)no2)nn1. The fraction of sp³-hybridized carbons (Fsp3) is 0.667. The lowest BCUT2D eigenvalue weighted by molar-refractivity contribution is 0.352. The summed E-state index contributed by atoms with van der Waals surface area (Å²) in [6.07, 6.45) is 2.62. The first-order valence-electron chi connectivity index (χ1n) is 6.27. The molecule has 19 heavy (non-hydrogen) atoms. The van der Waals surface area contributed by atoms with Gasteiger partial charge in [0.2, 0.25) is 5.89 Å². The van der Waals surface area contributed by atoms with Gasteiger partial charge in [0.1, 0.15) is 12.2 Å². The molecule has 2 rings (SSSR count). The number of halogens is 1. The first-order valence-corrected chi connectivity index (χ1v) is 6.71. The molecule has 2 aromatic heterocycles. The monoisotopic (exact) mass is 283 g/mol. The number of rotatable bonds is 4. The molecule has 0 saturated heterocycles. The first-order chi connectivity index (χ1) is 8.90. The van der Waals surface area contributed by atoms with Crippen molar-refractivity contribution in [1.82, 2.24) is 25.1 Å². The second-order valence-corrected chi connectivity index (χ2v) is 6.01. The molecule has 0 aliphatic heterocycles. The van der Waals surface area contributed by atoms with Crippen molar-refractivity contribution in [3.8, 4) is 0 Å². The smallest absolute Gasteiger partial charge is 0.248 e. The number of hydrogen-bond acceptors (Lipinski definition) is 5. The van der Waals surface area contributed by atoms with Crippen LogP contribution in [-0.2, 0) is 12.0 Å². The van der Waals surface area contributed by atoms with E-state index >= 15 is 0 Å². The molecule has 7 heteroatoms. The second-order valence-electron chi connectivity index (χ2n) is 5.48. The summed E-state index contributed by atoms with van der Waals surface area (Å²) in [5.41, 5.74) is 0.637. The Balaban J connectivity index is 2.09. The lowest BCUT2D eigenvalue weighted by atomic mass is 9.96. The zero-order valence-electron chi connectivity index (χ0n) is 11.6. The van der Waals surface area contributed by atoms with Crippen LogP contribution in [0.25, 0.3) is 0 Å². The highest BCUT2D eigenvalue weighted by molar-refractivity contribution is 6.20. The summed E-state index contributed by atoms with van der Waals surface area (Å²) < 4.78 is 6.86. The average Bonchev–Trinajstić information content (AvgIpc) is 2.97. The highest BCUT2D eigenvalue weighted by Crippen LogP contribution is 2.21. The van der Waals surface area contributed by atoms with Crippen LogP contribution in [0.15, 0.2) is 10.7 Å². The van der Waals surface area contributed by atoms with Crippen LogP contribution < -0.4 is 0 Å². The maximum atomic E-state index is 6.10. The van der Waals surface area contributed by atoms with Gasteiger partial charge in [-0.15, -0.1) is 16.7 Å². The van der Waals surface area contributed by atoms with Gasteiger partial charge < -0.3 is 4.52 Å². The van der Waals surface area contributed by atoms with Crippen LogP contribution in [-0.4, -0.2) is 25.1 Å². The summed E-state index contributed by atoms with van der Waals surface area (Å²) in [5, 5.41) is 11.9. The van der Waals surface area contributed by atoms with Gasteiger partial charge in [0.05, 0.1) is 11.6 Å².